The topological polar surface area (TPSA) is 29.1 Å². The molecule has 0 saturated heterocycles. The van der Waals surface area contributed by atoms with Crippen LogP contribution in [0.3, 0.4) is 0 Å². The summed E-state index contributed by atoms with van der Waals surface area (Å²) in [5.41, 5.74) is 3.42. The molecule has 0 spiro atoms. The molecule has 2 aromatic rings. The molecule has 2 aromatic carbocycles. The van der Waals surface area contributed by atoms with Gasteiger partial charge in [-0.1, -0.05) is 43.3 Å². The maximum atomic E-state index is 12.8. The van der Waals surface area contributed by atoms with Gasteiger partial charge in [0, 0.05) is 5.75 Å². The summed E-state index contributed by atoms with van der Waals surface area (Å²) in [6.45, 7) is 4.11. The fourth-order valence-electron chi connectivity index (χ4n) is 2.25. The number of halogens is 1. The number of carbonyl (C=O) groups excluding carboxylic acids is 1. The van der Waals surface area contributed by atoms with Crippen LogP contribution in [0.15, 0.2) is 48.5 Å². The number of thioether (sulfide) groups is 1. The lowest BCUT2D eigenvalue weighted by molar-refractivity contribution is -0.119. The monoisotopic (exact) mass is 331 g/mol. The lowest BCUT2D eigenvalue weighted by Crippen LogP contribution is -2.28. The Kier molecular flexibility index (Phi) is 6.66. The normalized spacial score (nSPS) is 12.0. The Balaban J connectivity index is 1.76. The number of hydrogen-bond donors (Lipinski definition) is 1. The minimum absolute atomic E-state index is 0.000160. The van der Waals surface area contributed by atoms with E-state index in [1.165, 1.54) is 29.5 Å². The maximum absolute atomic E-state index is 12.8. The molecular weight excluding hydrogens is 309 g/mol. The molecule has 2 rings (SSSR count). The van der Waals surface area contributed by atoms with Crippen LogP contribution in [-0.4, -0.2) is 11.7 Å². The van der Waals surface area contributed by atoms with Crippen molar-refractivity contribution in [2.75, 3.05) is 5.75 Å². The molecule has 23 heavy (non-hydrogen) atoms. The Morgan fingerprint density at radius 2 is 1.70 bits per heavy atom. The van der Waals surface area contributed by atoms with Gasteiger partial charge in [-0.3, -0.25) is 4.79 Å². The standard InChI is InChI=1S/C19H22FNOS/c1-3-15-4-8-17(9-5-15)14(2)21-19(22)13-23-12-16-6-10-18(20)11-7-16/h4-11,14H,3,12-13H2,1-2H3,(H,21,22). The van der Waals surface area contributed by atoms with E-state index in [1.54, 1.807) is 12.1 Å². The number of rotatable bonds is 7. The number of hydrogen-bond acceptors (Lipinski definition) is 2. The number of carbonyl (C=O) groups is 1. The summed E-state index contributed by atoms with van der Waals surface area (Å²) in [4.78, 5) is 12.0. The molecule has 1 amide bonds. The van der Waals surface area contributed by atoms with E-state index >= 15 is 0 Å². The van der Waals surface area contributed by atoms with Gasteiger partial charge in [-0.05, 0) is 42.2 Å². The van der Waals surface area contributed by atoms with Crippen molar-refractivity contribution >= 4 is 17.7 Å². The van der Waals surface area contributed by atoms with Gasteiger partial charge >= 0.3 is 0 Å². The highest BCUT2D eigenvalue weighted by atomic mass is 32.2. The van der Waals surface area contributed by atoms with Crippen LogP contribution < -0.4 is 5.32 Å². The van der Waals surface area contributed by atoms with E-state index in [0.717, 1.165) is 17.5 Å². The largest absolute Gasteiger partial charge is 0.349 e. The number of amides is 1. The van der Waals surface area contributed by atoms with Gasteiger partial charge in [-0.2, -0.15) is 0 Å². The van der Waals surface area contributed by atoms with Crippen molar-refractivity contribution < 1.29 is 9.18 Å². The molecule has 1 unspecified atom stereocenters. The molecule has 1 N–H and O–H groups in total. The second kappa shape index (κ2) is 8.73. The zero-order chi connectivity index (χ0) is 16.7. The van der Waals surface area contributed by atoms with Crippen molar-refractivity contribution in [3.63, 3.8) is 0 Å². The van der Waals surface area contributed by atoms with Crippen molar-refractivity contribution in [1.29, 1.82) is 0 Å². The van der Waals surface area contributed by atoms with Crippen molar-refractivity contribution in [3.05, 3.63) is 71.0 Å². The SMILES string of the molecule is CCc1ccc(C(C)NC(=O)CSCc2ccc(F)cc2)cc1. The van der Waals surface area contributed by atoms with E-state index in [0.29, 0.717) is 11.5 Å². The van der Waals surface area contributed by atoms with Crippen LogP contribution in [0.25, 0.3) is 0 Å². The predicted molar refractivity (Wildman–Crippen MR) is 94.9 cm³/mol. The van der Waals surface area contributed by atoms with Crippen molar-refractivity contribution in [2.45, 2.75) is 32.1 Å². The summed E-state index contributed by atoms with van der Waals surface area (Å²) in [7, 11) is 0. The molecule has 0 aromatic heterocycles. The van der Waals surface area contributed by atoms with Gasteiger partial charge in [-0.15, -0.1) is 11.8 Å². The highest BCUT2D eigenvalue weighted by molar-refractivity contribution is 7.99. The van der Waals surface area contributed by atoms with Crippen LogP contribution >= 0.6 is 11.8 Å². The zero-order valence-electron chi connectivity index (χ0n) is 13.5. The molecule has 0 radical (unpaired) electrons. The second-order valence-electron chi connectivity index (χ2n) is 5.50. The zero-order valence-corrected chi connectivity index (χ0v) is 14.3. The Hall–Kier alpha value is -1.81. The molecule has 0 bridgehead atoms. The summed E-state index contributed by atoms with van der Waals surface area (Å²) in [5.74, 6) is 0.880. The van der Waals surface area contributed by atoms with E-state index in [2.05, 4.69) is 36.5 Å². The predicted octanol–water partition coefficient (Wildman–Crippen LogP) is 4.50. The van der Waals surface area contributed by atoms with Crippen LogP contribution in [0, 0.1) is 5.82 Å². The van der Waals surface area contributed by atoms with Gasteiger partial charge < -0.3 is 5.32 Å². The minimum atomic E-state index is -0.237. The Morgan fingerprint density at radius 1 is 1.09 bits per heavy atom. The Morgan fingerprint density at radius 3 is 2.30 bits per heavy atom. The van der Waals surface area contributed by atoms with Crippen LogP contribution in [0.5, 0.6) is 0 Å². The molecule has 0 saturated carbocycles. The van der Waals surface area contributed by atoms with Crippen molar-refractivity contribution in [1.82, 2.24) is 5.32 Å². The van der Waals surface area contributed by atoms with Crippen molar-refractivity contribution in [3.8, 4) is 0 Å². The van der Waals surface area contributed by atoms with E-state index in [9.17, 15) is 9.18 Å². The first-order chi connectivity index (χ1) is 11.1. The first-order valence-electron chi connectivity index (χ1n) is 7.79. The molecule has 0 aliphatic rings. The maximum Gasteiger partial charge on any atom is 0.230 e. The van der Waals surface area contributed by atoms with Crippen LogP contribution in [0.1, 0.15) is 36.6 Å². The van der Waals surface area contributed by atoms with E-state index in [-0.39, 0.29) is 17.8 Å². The first kappa shape index (κ1) is 17.5. The molecule has 122 valence electrons. The van der Waals surface area contributed by atoms with Gasteiger partial charge in [-0.25, -0.2) is 4.39 Å². The van der Waals surface area contributed by atoms with Gasteiger partial charge in [0.25, 0.3) is 0 Å². The third-order valence-electron chi connectivity index (χ3n) is 3.68. The highest BCUT2D eigenvalue weighted by Gasteiger charge is 2.09. The third-order valence-corrected chi connectivity index (χ3v) is 4.68. The summed E-state index contributed by atoms with van der Waals surface area (Å²) in [5, 5.41) is 3.01. The van der Waals surface area contributed by atoms with Gasteiger partial charge in [0.2, 0.25) is 5.91 Å². The second-order valence-corrected chi connectivity index (χ2v) is 6.49. The summed E-state index contributed by atoms with van der Waals surface area (Å²) >= 11 is 1.53. The van der Waals surface area contributed by atoms with Crippen LogP contribution in [-0.2, 0) is 17.0 Å². The summed E-state index contributed by atoms with van der Waals surface area (Å²) in [6, 6.07) is 14.7. The van der Waals surface area contributed by atoms with Crippen molar-refractivity contribution in [2.24, 2.45) is 0 Å². The van der Waals surface area contributed by atoms with E-state index in [1.807, 2.05) is 6.92 Å². The minimum Gasteiger partial charge on any atom is -0.349 e. The summed E-state index contributed by atoms with van der Waals surface area (Å²) in [6.07, 6.45) is 1.01. The Labute approximate surface area is 141 Å². The lowest BCUT2D eigenvalue weighted by Gasteiger charge is -2.14. The fraction of sp³-hybridized carbons (Fsp3) is 0.316. The highest BCUT2D eigenvalue weighted by Crippen LogP contribution is 2.16. The molecule has 4 heteroatoms. The van der Waals surface area contributed by atoms with Crippen LogP contribution in [0.2, 0.25) is 0 Å². The molecular formula is C19H22FNOS. The Bertz CT molecular complexity index is 625. The molecule has 0 heterocycles. The third kappa shape index (κ3) is 5.71. The fourth-order valence-corrected chi connectivity index (χ4v) is 3.05. The summed E-state index contributed by atoms with van der Waals surface area (Å²) < 4.78 is 12.8. The van der Waals surface area contributed by atoms with Gasteiger partial charge in [0.1, 0.15) is 5.82 Å². The van der Waals surface area contributed by atoms with Gasteiger partial charge in [0.15, 0.2) is 0 Å². The lowest BCUT2D eigenvalue weighted by atomic mass is 10.1. The average Bonchev–Trinajstić information content (AvgIpc) is 2.56. The number of aryl methyl sites for hydroxylation is 1. The first-order valence-corrected chi connectivity index (χ1v) is 8.94. The molecule has 2 nitrogen and oxygen atoms in total. The molecule has 0 fully saturated rings. The van der Waals surface area contributed by atoms with E-state index in [4.69, 9.17) is 0 Å². The smallest absolute Gasteiger partial charge is 0.230 e. The molecule has 1 atom stereocenters. The van der Waals surface area contributed by atoms with Gasteiger partial charge in [0.05, 0.1) is 11.8 Å². The number of nitrogens with one attached hydrogen (secondary N) is 1. The quantitative estimate of drug-likeness (QED) is 0.809. The van der Waals surface area contributed by atoms with Crippen LogP contribution in [0.4, 0.5) is 4.39 Å². The molecule has 0 aliphatic carbocycles. The number of benzene rings is 2. The average molecular weight is 331 g/mol. The molecule has 0 aliphatic heterocycles. The van der Waals surface area contributed by atoms with E-state index < -0.39 is 0 Å².